The van der Waals surface area contributed by atoms with Crippen LogP contribution in [0, 0.1) is 5.82 Å². The quantitative estimate of drug-likeness (QED) is 0.867. The molecule has 9 heteroatoms. The van der Waals surface area contributed by atoms with Gasteiger partial charge in [-0.3, -0.25) is 4.79 Å². The summed E-state index contributed by atoms with van der Waals surface area (Å²) < 4.78 is 40.0. The highest BCUT2D eigenvalue weighted by molar-refractivity contribution is 7.89. The Morgan fingerprint density at radius 2 is 2.19 bits per heavy atom. The molecule has 1 aromatic rings. The van der Waals surface area contributed by atoms with Crippen molar-refractivity contribution in [3.63, 3.8) is 0 Å². The zero-order valence-corrected chi connectivity index (χ0v) is 12.8. The second kappa shape index (κ2) is 5.88. The Morgan fingerprint density at radius 3 is 2.71 bits per heavy atom. The van der Waals surface area contributed by atoms with E-state index < -0.39 is 26.6 Å². The van der Waals surface area contributed by atoms with Crippen LogP contribution in [0.25, 0.3) is 0 Å². The highest BCUT2D eigenvalue weighted by Crippen LogP contribution is 2.30. The molecule has 0 radical (unpaired) electrons. The largest absolute Gasteiger partial charge is 0.326 e. The lowest BCUT2D eigenvalue weighted by Gasteiger charge is -2.17. The lowest BCUT2D eigenvalue weighted by atomic mass is 10.3. The van der Waals surface area contributed by atoms with Gasteiger partial charge in [0.05, 0.1) is 10.7 Å². The van der Waals surface area contributed by atoms with E-state index in [4.69, 9.17) is 17.3 Å². The number of benzene rings is 1. The van der Waals surface area contributed by atoms with Gasteiger partial charge in [-0.15, -0.1) is 0 Å². The number of anilines is 1. The Hall–Kier alpha value is -1.22. The first-order chi connectivity index (χ1) is 9.71. The fourth-order valence-electron chi connectivity index (χ4n) is 2.12. The predicted octanol–water partition coefficient (Wildman–Crippen LogP) is 1.16. The minimum absolute atomic E-state index is 0.0266. The third-order valence-electron chi connectivity index (χ3n) is 3.14. The maximum Gasteiger partial charge on any atom is 0.246 e. The number of nitrogens with zero attached hydrogens (tertiary/aromatic N) is 1. The van der Waals surface area contributed by atoms with Gasteiger partial charge in [-0.25, -0.2) is 12.8 Å². The number of amides is 1. The zero-order chi connectivity index (χ0) is 15.8. The summed E-state index contributed by atoms with van der Waals surface area (Å²) in [7, 11) is -3.99. The molecular formula is C12H15ClFN3O3S. The average molecular weight is 336 g/mol. The molecule has 1 amide bonds. The van der Waals surface area contributed by atoms with Crippen LogP contribution in [-0.4, -0.2) is 37.8 Å². The molecule has 6 nitrogen and oxygen atoms in total. The number of carbonyl (C=O) groups is 1. The standard InChI is InChI=1S/C12H15ClFN3O3S/c1-7(18)16-11-5-10(14)12(4-9(11)13)21(19,20)17-3-2-8(15)6-17/h4-5,8H,2-3,6,15H2,1H3,(H,16,18)/t8-/m1/s1. The van der Waals surface area contributed by atoms with Gasteiger partial charge in [-0.1, -0.05) is 11.6 Å². The third kappa shape index (κ3) is 3.34. The summed E-state index contributed by atoms with van der Waals surface area (Å²) in [6, 6.07) is 1.64. The van der Waals surface area contributed by atoms with Gasteiger partial charge in [-0.05, 0) is 12.5 Å². The topological polar surface area (TPSA) is 92.5 Å². The van der Waals surface area contributed by atoms with Crippen LogP contribution < -0.4 is 11.1 Å². The first-order valence-corrected chi connectivity index (χ1v) is 8.06. The molecule has 1 aliphatic rings. The third-order valence-corrected chi connectivity index (χ3v) is 5.33. The molecule has 0 saturated carbocycles. The van der Waals surface area contributed by atoms with Crippen LogP contribution >= 0.6 is 11.6 Å². The summed E-state index contributed by atoms with van der Waals surface area (Å²) in [5.74, 6) is -1.40. The molecule has 1 fully saturated rings. The molecule has 0 unspecified atom stereocenters. The van der Waals surface area contributed by atoms with E-state index in [2.05, 4.69) is 5.32 Å². The van der Waals surface area contributed by atoms with E-state index in [-0.39, 0.29) is 29.8 Å². The Balaban J connectivity index is 2.40. The van der Waals surface area contributed by atoms with Gasteiger partial charge in [0.2, 0.25) is 15.9 Å². The molecule has 0 bridgehead atoms. The Bertz CT molecular complexity index is 681. The normalized spacial score (nSPS) is 19.7. The SMILES string of the molecule is CC(=O)Nc1cc(F)c(S(=O)(=O)N2CC[C@@H](N)C2)cc1Cl. The smallest absolute Gasteiger partial charge is 0.246 e. The highest BCUT2D eigenvalue weighted by Gasteiger charge is 2.33. The van der Waals surface area contributed by atoms with Crippen LogP contribution in [0.4, 0.5) is 10.1 Å². The number of rotatable bonds is 3. The lowest BCUT2D eigenvalue weighted by Crippen LogP contribution is -2.32. The maximum absolute atomic E-state index is 14.1. The maximum atomic E-state index is 14.1. The van der Waals surface area contributed by atoms with Gasteiger partial charge in [0.15, 0.2) is 0 Å². The van der Waals surface area contributed by atoms with Crippen LogP contribution in [-0.2, 0) is 14.8 Å². The van der Waals surface area contributed by atoms with E-state index in [0.717, 1.165) is 16.4 Å². The number of halogens is 2. The Morgan fingerprint density at radius 1 is 1.52 bits per heavy atom. The van der Waals surface area contributed by atoms with Crippen molar-refractivity contribution in [3.8, 4) is 0 Å². The molecular weight excluding hydrogens is 321 g/mol. The van der Waals surface area contributed by atoms with Crippen LogP contribution in [0.3, 0.4) is 0 Å². The van der Waals surface area contributed by atoms with Crippen LogP contribution in [0.2, 0.25) is 5.02 Å². The highest BCUT2D eigenvalue weighted by atomic mass is 35.5. The predicted molar refractivity (Wildman–Crippen MR) is 77.1 cm³/mol. The molecule has 1 aliphatic heterocycles. The number of nitrogens with one attached hydrogen (secondary N) is 1. The Kier molecular flexibility index (Phi) is 4.52. The number of hydrogen-bond acceptors (Lipinski definition) is 4. The van der Waals surface area contributed by atoms with Gasteiger partial charge in [0.1, 0.15) is 10.7 Å². The molecule has 0 aromatic heterocycles. The van der Waals surface area contributed by atoms with Gasteiger partial charge in [0, 0.05) is 32.1 Å². The first kappa shape index (κ1) is 16.2. The molecule has 1 aromatic carbocycles. The van der Waals surface area contributed by atoms with Crippen molar-refractivity contribution in [3.05, 3.63) is 23.0 Å². The molecule has 1 heterocycles. The minimum Gasteiger partial charge on any atom is -0.326 e. The van der Waals surface area contributed by atoms with E-state index in [9.17, 15) is 17.6 Å². The second-order valence-electron chi connectivity index (χ2n) is 4.86. The summed E-state index contributed by atoms with van der Waals surface area (Å²) in [5.41, 5.74) is 5.70. The molecule has 3 N–H and O–H groups in total. The second-order valence-corrected chi connectivity index (χ2v) is 7.17. The van der Waals surface area contributed by atoms with Crippen molar-refractivity contribution in [1.82, 2.24) is 4.31 Å². The van der Waals surface area contributed by atoms with Crippen molar-refractivity contribution in [1.29, 1.82) is 0 Å². The van der Waals surface area contributed by atoms with Crippen molar-refractivity contribution in [2.45, 2.75) is 24.3 Å². The molecule has 0 aliphatic carbocycles. The molecule has 116 valence electrons. The summed E-state index contributed by atoms with van der Waals surface area (Å²) >= 11 is 5.90. The van der Waals surface area contributed by atoms with Gasteiger partial charge >= 0.3 is 0 Å². The zero-order valence-electron chi connectivity index (χ0n) is 11.3. The molecule has 1 atom stereocenters. The van der Waals surface area contributed by atoms with Crippen LogP contribution in [0.1, 0.15) is 13.3 Å². The van der Waals surface area contributed by atoms with Crippen molar-refractivity contribution < 1.29 is 17.6 Å². The fourth-order valence-corrected chi connectivity index (χ4v) is 3.98. The summed E-state index contributed by atoms with van der Waals surface area (Å²) in [4.78, 5) is 10.5. The number of sulfonamides is 1. The van der Waals surface area contributed by atoms with E-state index in [0.29, 0.717) is 6.42 Å². The number of nitrogens with two attached hydrogens (primary N) is 1. The van der Waals surface area contributed by atoms with E-state index in [1.165, 1.54) is 6.92 Å². The molecule has 2 rings (SSSR count). The first-order valence-electron chi connectivity index (χ1n) is 6.24. The lowest BCUT2D eigenvalue weighted by molar-refractivity contribution is -0.114. The van der Waals surface area contributed by atoms with E-state index in [1.54, 1.807) is 0 Å². The van der Waals surface area contributed by atoms with E-state index in [1.807, 2.05) is 0 Å². The Labute approximate surface area is 127 Å². The summed E-state index contributed by atoms with van der Waals surface area (Å²) in [5, 5.41) is 2.28. The molecule has 0 spiro atoms. The van der Waals surface area contributed by atoms with Crippen molar-refractivity contribution in [2.24, 2.45) is 5.73 Å². The van der Waals surface area contributed by atoms with Gasteiger partial charge in [0.25, 0.3) is 0 Å². The van der Waals surface area contributed by atoms with Crippen LogP contribution in [0.5, 0.6) is 0 Å². The minimum atomic E-state index is -3.99. The fraction of sp³-hybridized carbons (Fsp3) is 0.417. The van der Waals surface area contributed by atoms with Gasteiger partial charge < -0.3 is 11.1 Å². The number of carbonyl (C=O) groups excluding carboxylic acids is 1. The van der Waals surface area contributed by atoms with E-state index >= 15 is 0 Å². The molecule has 21 heavy (non-hydrogen) atoms. The summed E-state index contributed by atoms with van der Waals surface area (Å²) in [6.45, 7) is 1.63. The molecule has 1 saturated heterocycles. The number of hydrogen-bond donors (Lipinski definition) is 2. The van der Waals surface area contributed by atoms with Crippen molar-refractivity contribution >= 4 is 33.2 Å². The monoisotopic (exact) mass is 335 g/mol. The summed E-state index contributed by atoms with van der Waals surface area (Å²) in [6.07, 6.45) is 0.526. The van der Waals surface area contributed by atoms with Crippen molar-refractivity contribution in [2.75, 3.05) is 18.4 Å². The van der Waals surface area contributed by atoms with Crippen LogP contribution in [0.15, 0.2) is 17.0 Å². The van der Waals surface area contributed by atoms with Gasteiger partial charge in [-0.2, -0.15) is 4.31 Å². The average Bonchev–Trinajstić information content (AvgIpc) is 2.80.